The summed E-state index contributed by atoms with van der Waals surface area (Å²) in [6.45, 7) is 5.98. The predicted molar refractivity (Wildman–Crippen MR) is 98.3 cm³/mol. The van der Waals surface area contributed by atoms with Crippen LogP contribution in [0.25, 0.3) is 0 Å². The number of piperidine rings is 1. The number of aromatic nitrogens is 1. The Morgan fingerprint density at radius 3 is 2.80 bits per heavy atom. The fraction of sp³-hybridized carbons (Fsp3) is 0.474. The number of hydrogen-bond donors (Lipinski definition) is 0. The number of amides is 1. The third-order valence-electron chi connectivity index (χ3n) is 4.41. The predicted octanol–water partition coefficient (Wildman–Crippen LogP) is 3.59. The minimum absolute atomic E-state index is 0.00351. The van der Waals surface area contributed by atoms with Gasteiger partial charge in [0.1, 0.15) is 22.6 Å². The van der Waals surface area contributed by atoms with Gasteiger partial charge in [0.2, 0.25) is 0 Å². The van der Waals surface area contributed by atoms with Gasteiger partial charge in [-0.15, -0.1) is 11.3 Å². The van der Waals surface area contributed by atoms with Crippen LogP contribution in [0.1, 0.15) is 39.5 Å². The lowest BCUT2D eigenvalue weighted by Crippen LogP contribution is -2.42. The van der Waals surface area contributed by atoms with E-state index in [4.69, 9.17) is 9.47 Å². The van der Waals surface area contributed by atoms with Crippen LogP contribution in [-0.2, 0) is 11.3 Å². The van der Waals surface area contributed by atoms with E-state index in [1.807, 2.05) is 10.3 Å². The average molecular weight is 360 g/mol. The number of benzene rings is 1. The summed E-state index contributed by atoms with van der Waals surface area (Å²) >= 11 is 1.46. The Hall–Kier alpha value is -1.92. The fourth-order valence-corrected chi connectivity index (χ4v) is 3.69. The van der Waals surface area contributed by atoms with Gasteiger partial charge < -0.3 is 14.4 Å². The monoisotopic (exact) mass is 360 g/mol. The topological polar surface area (TPSA) is 51.7 Å². The maximum absolute atomic E-state index is 12.6. The van der Waals surface area contributed by atoms with Crippen molar-refractivity contribution in [3.05, 3.63) is 45.4 Å². The van der Waals surface area contributed by atoms with Gasteiger partial charge in [-0.25, -0.2) is 4.98 Å². The van der Waals surface area contributed by atoms with Crippen molar-refractivity contribution >= 4 is 17.2 Å². The van der Waals surface area contributed by atoms with Crippen LogP contribution >= 0.6 is 11.3 Å². The van der Waals surface area contributed by atoms with Gasteiger partial charge >= 0.3 is 0 Å². The second-order valence-electron chi connectivity index (χ2n) is 6.44. The Labute approximate surface area is 152 Å². The molecule has 1 aromatic carbocycles. The third-order valence-corrected chi connectivity index (χ3v) is 5.23. The van der Waals surface area contributed by atoms with Crippen molar-refractivity contribution in [2.75, 3.05) is 20.2 Å². The highest BCUT2D eigenvalue weighted by molar-refractivity contribution is 7.09. The number of carbonyl (C=O) groups excluding carboxylic acids is 1. The maximum Gasteiger partial charge on any atom is 0.273 e. The van der Waals surface area contributed by atoms with Crippen molar-refractivity contribution in [2.24, 2.45) is 0 Å². The van der Waals surface area contributed by atoms with Crippen molar-refractivity contribution in [2.45, 2.75) is 39.4 Å². The number of thiazole rings is 1. The Kier molecular flexibility index (Phi) is 5.71. The second kappa shape index (κ2) is 7.97. The van der Waals surface area contributed by atoms with Gasteiger partial charge in [-0.1, -0.05) is 12.1 Å². The molecule has 0 spiro atoms. The Morgan fingerprint density at radius 2 is 2.08 bits per heavy atom. The van der Waals surface area contributed by atoms with Crippen molar-refractivity contribution in [1.29, 1.82) is 0 Å². The summed E-state index contributed by atoms with van der Waals surface area (Å²) in [7, 11) is 1.63. The lowest BCUT2D eigenvalue weighted by molar-refractivity contribution is 0.0589. The van der Waals surface area contributed by atoms with E-state index in [-0.39, 0.29) is 12.0 Å². The zero-order valence-corrected chi connectivity index (χ0v) is 15.8. The fourth-order valence-electron chi connectivity index (χ4n) is 2.95. The first-order chi connectivity index (χ1) is 12.1. The van der Waals surface area contributed by atoms with Crippen LogP contribution in [0, 0.1) is 13.8 Å². The first-order valence-corrected chi connectivity index (χ1v) is 9.41. The Morgan fingerprint density at radius 1 is 1.32 bits per heavy atom. The van der Waals surface area contributed by atoms with Crippen molar-refractivity contribution in [3.63, 3.8) is 0 Å². The number of carbonyl (C=O) groups is 1. The number of aryl methyl sites for hydroxylation is 2. The quantitative estimate of drug-likeness (QED) is 0.818. The molecule has 25 heavy (non-hydrogen) atoms. The summed E-state index contributed by atoms with van der Waals surface area (Å²) in [5.74, 6) is 0.956. The normalized spacial score (nSPS) is 15.4. The van der Waals surface area contributed by atoms with Crippen molar-refractivity contribution < 1.29 is 14.3 Å². The molecule has 1 amide bonds. The highest BCUT2D eigenvalue weighted by Crippen LogP contribution is 2.24. The van der Waals surface area contributed by atoms with Gasteiger partial charge in [-0.2, -0.15) is 0 Å². The van der Waals surface area contributed by atoms with Crippen LogP contribution in [0.5, 0.6) is 5.75 Å². The van der Waals surface area contributed by atoms with E-state index < -0.39 is 0 Å². The molecule has 2 aromatic rings. The molecule has 1 saturated heterocycles. The van der Waals surface area contributed by atoms with Crippen LogP contribution < -0.4 is 4.74 Å². The van der Waals surface area contributed by atoms with E-state index in [2.05, 4.69) is 37.0 Å². The highest BCUT2D eigenvalue weighted by atomic mass is 32.1. The first kappa shape index (κ1) is 17.9. The number of ether oxygens (including phenoxy) is 2. The molecule has 6 heteroatoms. The van der Waals surface area contributed by atoms with E-state index in [1.54, 1.807) is 7.11 Å². The maximum atomic E-state index is 12.6. The molecule has 1 aromatic heterocycles. The molecule has 1 fully saturated rings. The molecule has 0 saturated carbocycles. The van der Waals surface area contributed by atoms with Crippen LogP contribution in [-0.4, -0.2) is 42.1 Å². The van der Waals surface area contributed by atoms with Crippen molar-refractivity contribution in [3.8, 4) is 5.75 Å². The van der Waals surface area contributed by atoms with E-state index in [0.717, 1.165) is 29.2 Å². The van der Waals surface area contributed by atoms with Gasteiger partial charge in [0.05, 0.1) is 6.61 Å². The molecule has 3 rings (SSSR count). The number of hydrogen-bond acceptors (Lipinski definition) is 5. The molecular formula is C19H24N2O3S. The Balaban J connectivity index is 1.56. The van der Waals surface area contributed by atoms with E-state index in [1.165, 1.54) is 16.9 Å². The second-order valence-corrected chi connectivity index (χ2v) is 7.38. The van der Waals surface area contributed by atoms with Gasteiger partial charge in [-0.05, 0) is 31.0 Å². The summed E-state index contributed by atoms with van der Waals surface area (Å²) in [6, 6.07) is 6.26. The molecule has 1 aliphatic rings. The largest absolute Gasteiger partial charge is 0.490 e. The van der Waals surface area contributed by atoms with Crippen LogP contribution in [0.4, 0.5) is 0 Å². The number of methoxy groups -OCH3 is 1. The molecule has 1 aliphatic heterocycles. The highest BCUT2D eigenvalue weighted by Gasteiger charge is 2.26. The zero-order valence-electron chi connectivity index (χ0n) is 14.9. The summed E-state index contributed by atoms with van der Waals surface area (Å²) < 4.78 is 11.2. The van der Waals surface area contributed by atoms with Gasteiger partial charge in [0.15, 0.2) is 0 Å². The standard InChI is InChI=1S/C19H24N2O3S/c1-13-4-5-14(2)17(10-13)24-15-6-8-21(9-7-15)19(22)16-12-25-18(20-16)11-23-3/h4-5,10,12,15H,6-9,11H2,1-3H3. The van der Waals surface area contributed by atoms with Crippen LogP contribution in [0.2, 0.25) is 0 Å². The number of rotatable bonds is 5. The van der Waals surface area contributed by atoms with E-state index in [9.17, 15) is 4.79 Å². The summed E-state index contributed by atoms with van der Waals surface area (Å²) in [6.07, 6.45) is 1.84. The lowest BCUT2D eigenvalue weighted by Gasteiger charge is -2.32. The van der Waals surface area contributed by atoms with E-state index in [0.29, 0.717) is 25.4 Å². The van der Waals surface area contributed by atoms with Gasteiger partial charge in [0, 0.05) is 38.4 Å². The molecule has 0 radical (unpaired) electrons. The van der Waals surface area contributed by atoms with E-state index >= 15 is 0 Å². The zero-order chi connectivity index (χ0) is 17.8. The Bertz CT molecular complexity index is 736. The van der Waals surface area contributed by atoms with Gasteiger partial charge in [-0.3, -0.25) is 4.79 Å². The molecule has 0 N–H and O–H groups in total. The minimum Gasteiger partial charge on any atom is -0.490 e. The average Bonchev–Trinajstić information content (AvgIpc) is 3.07. The molecule has 5 nitrogen and oxygen atoms in total. The SMILES string of the molecule is COCc1nc(C(=O)N2CCC(Oc3cc(C)ccc3C)CC2)cs1. The molecule has 0 aliphatic carbocycles. The van der Waals surface area contributed by atoms with Crippen LogP contribution in [0.15, 0.2) is 23.6 Å². The molecule has 0 unspecified atom stereocenters. The van der Waals surface area contributed by atoms with Crippen LogP contribution in [0.3, 0.4) is 0 Å². The number of likely N-dealkylation sites (tertiary alicyclic amines) is 1. The number of nitrogens with zero attached hydrogens (tertiary/aromatic N) is 2. The molecule has 2 heterocycles. The summed E-state index contributed by atoms with van der Waals surface area (Å²) in [4.78, 5) is 18.8. The molecular weight excluding hydrogens is 336 g/mol. The molecule has 0 bridgehead atoms. The third kappa shape index (κ3) is 4.38. The minimum atomic E-state index is 0.00351. The first-order valence-electron chi connectivity index (χ1n) is 8.53. The van der Waals surface area contributed by atoms with Gasteiger partial charge in [0.25, 0.3) is 5.91 Å². The van der Waals surface area contributed by atoms with Crippen molar-refractivity contribution in [1.82, 2.24) is 9.88 Å². The lowest BCUT2D eigenvalue weighted by atomic mass is 10.1. The molecule has 134 valence electrons. The smallest absolute Gasteiger partial charge is 0.273 e. The summed E-state index contributed by atoms with van der Waals surface area (Å²) in [5, 5.41) is 2.65. The summed E-state index contributed by atoms with van der Waals surface area (Å²) in [5.41, 5.74) is 2.87. The molecule has 0 atom stereocenters.